The molecule has 6 N–H and O–H groups in total. The highest BCUT2D eigenvalue weighted by Crippen LogP contribution is 2.54. The van der Waals surface area contributed by atoms with Gasteiger partial charge in [0.05, 0.1) is 36.1 Å². The van der Waals surface area contributed by atoms with Crippen LogP contribution in [0.1, 0.15) is 42.9 Å². The van der Waals surface area contributed by atoms with Gasteiger partial charge in [0.1, 0.15) is 22.9 Å². The van der Waals surface area contributed by atoms with E-state index in [0.717, 1.165) is 11.1 Å². The summed E-state index contributed by atoms with van der Waals surface area (Å²) in [6.07, 6.45) is 2.09. The number of piperidine rings is 1. The molecule has 3 aliphatic carbocycles. The number of amides is 1. The Balaban J connectivity index is 1.52. The number of aromatic hydroxyl groups is 1. The molecule has 1 amide bonds. The van der Waals surface area contributed by atoms with Crippen molar-refractivity contribution in [3.8, 4) is 5.75 Å². The lowest BCUT2D eigenvalue weighted by Gasteiger charge is -2.52. The molecule has 1 saturated heterocycles. The van der Waals surface area contributed by atoms with Gasteiger partial charge in [-0.15, -0.1) is 0 Å². The molecule has 1 aromatic rings. The first-order valence-electron chi connectivity index (χ1n) is 14.0. The zero-order valence-electron chi connectivity index (χ0n) is 23.9. The van der Waals surface area contributed by atoms with Crippen LogP contribution in [0, 0.1) is 23.7 Å². The molecule has 4 aliphatic rings. The van der Waals surface area contributed by atoms with Crippen molar-refractivity contribution >= 4 is 23.4 Å². The molecule has 1 heterocycles. The predicted molar refractivity (Wildman–Crippen MR) is 148 cm³/mol. The number of esters is 1. The lowest BCUT2D eigenvalue weighted by Crippen LogP contribution is -2.61. The van der Waals surface area contributed by atoms with E-state index in [1.165, 1.54) is 20.1 Å². The number of phenols is 1. The third kappa shape index (κ3) is 4.60. The number of carbonyl (C=O) groups excluding carboxylic acids is 3. The van der Waals surface area contributed by atoms with Gasteiger partial charge in [0.15, 0.2) is 5.78 Å². The zero-order chi connectivity index (χ0) is 30.0. The summed E-state index contributed by atoms with van der Waals surface area (Å²) in [5.41, 5.74) is 5.09. The molecule has 2 fully saturated rings. The number of hydrogen-bond acceptors (Lipinski definition) is 10. The van der Waals surface area contributed by atoms with Crippen LogP contribution in [-0.4, -0.2) is 93.8 Å². The molecule has 0 spiro atoms. The molecule has 5 atom stereocenters. The Labute approximate surface area is 238 Å². The Bertz CT molecular complexity index is 1360. The number of rotatable bonds is 5. The van der Waals surface area contributed by atoms with Crippen molar-refractivity contribution in [2.75, 3.05) is 34.3 Å². The molecule has 0 aromatic heterocycles. The second-order valence-electron chi connectivity index (χ2n) is 12.3. The average molecular weight is 570 g/mol. The number of primary amides is 1. The number of likely N-dealkylation sites (tertiary alicyclic amines) is 1. The van der Waals surface area contributed by atoms with Crippen LogP contribution in [0.15, 0.2) is 29.0 Å². The van der Waals surface area contributed by atoms with Crippen molar-refractivity contribution in [1.29, 1.82) is 0 Å². The first-order valence-corrected chi connectivity index (χ1v) is 14.0. The first-order chi connectivity index (χ1) is 19.3. The van der Waals surface area contributed by atoms with Crippen LogP contribution >= 0.6 is 0 Å². The number of aliphatic hydroxyl groups is 3. The Morgan fingerprint density at radius 3 is 2.41 bits per heavy atom. The van der Waals surface area contributed by atoms with Gasteiger partial charge in [0.25, 0.3) is 5.91 Å². The van der Waals surface area contributed by atoms with Crippen LogP contribution in [0.4, 0.5) is 0 Å². The number of methoxy groups -OCH3 is 1. The van der Waals surface area contributed by atoms with Crippen LogP contribution in [0.2, 0.25) is 0 Å². The van der Waals surface area contributed by atoms with Crippen molar-refractivity contribution in [3.05, 3.63) is 45.7 Å². The Kier molecular flexibility index (Phi) is 7.42. The molecule has 41 heavy (non-hydrogen) atoms. The van der Waals surface area contributed by atoms with Crippen molar-refractivity contribution in [1.82, 2.24) is 9.80 Å². The average Bonchev–Trinajstić information content (AvgIpc) is 2.88. The molecule has 5 rings (SSSR count). The lowest BCUT2D eigenvalue weighted by molar-refractivity contribution is -0.147. The highest BCUT2D eigenvalue weighted by atomic mass is 16.5. The van der Waals surface area contributed by atoms with Crippen molar-refractivity contribution in [2.24, 2.45) is 29.4 Å². The number of aliphatic hydroxyl groups excluding tert-OH is 2. The fourth-order valence-electron chi connectivity index (χ4n) is 7.83. The van der Waals surface area contributed by atoms with Crippen LogP contribution in [-0.2, 0) is 32.1 Å². The predicted octanol–water partition coefficient (Wildman–Crippen LogP) is 1.42. The first kappa shape index (κ1) is 29.1. The van der Waals surface area contributed by atoms with Crippen molar-refractivity contribution in [2.45, 2.75) is 50.8 Å². The highest BCUT2D eigenvalue weighted by Gasteiger charge is 2.60. The van der Waals surface area contributed by atoms with Gasteiger partial charge in [-0.05, 0) is 88.8 Å². The molecule has 4 unspecified atom stereocenters. The van der Waals surface area contributed by atoms with Gasteiger partial charge in [-0.25, -0.2) is 0 Å². The molecular formula is C30H39N3O8. The number of likely N-dealkylation sites (N-methyl/N-ethyl adjacent to an activating group) is 1. The number of nitrogens with two attached hydrogens (primary N) is 1. The maximum atomic E-state index is 14.1. The summed E-state index contributed by atoms with van der Waals surface area (Å²) in [4.78, 5) is 42.3. The molecule has 1 saturated carbocycles. The van der Waals surface area contributed by atoms with Gasteiger partial charge < -0.3 is 30.9 Å². The monoisotopic (exact) mass is 569 g/mol. The number of nitrogens with zero attached hydrogens (tertiary/aromatic N) is 2. The summed E-state index contributed by atoms with van der Waals surface area (Å²) in [6, 6.07) is 2.60. The number of hydrogen-bond donors (Lipinski definition) is 5. The summed E-state index contributed by atoms with van der Waals surface area (Å²) in [7, 11) is 4.84. The van der Waals surface area contributed by atoms with Gasteiger partial charge in [-0.1, -0.05) is 6.07 Å². The number of Topliss-reactive ketones (excluding diaryl/α,β-unsaturated/α-hetero) is 1. The zero-order valence-corrected chi connectivity index (χ0v) is 23.9. The minimum atomic E-state index is -2.05. The second kappa shape index (κ2) is 10.5. The van der Waals surface area contributed by atoms with Crippen LogP contribution < -0.4 is 5.73 Å². The standard InChI is InChI=1S/C30H39N3O8/c1-30(40)22-18(24(32(2)3)27(37)23(30)28(31)38)12-16-11-17-15(13-33-9-7-14(8-10-33)29(39)41-4)5-6-19(34)21(17)25(35)20(16)26(22)36/h5-6,14,16,18,22,24,34-35,37,40H,7-13H2,1-4H3,(H2,31,38)/t16?,18?,22?,24-,30?/m0/s1. The third-order valence-electron chi connectivity index (χ3n) is 9.64. The van der Waals surface area contributed by atoms with Gasteiger partial charge in [0.2, 0.25) is 0 Å². The number of benzene rings is 1. The third-order valence-corrected chi connectivity index (χ3v) is 9.64. The second-order valence-corrected chi connectivity index (χ2v) is 12.3. The van der Waals surface area contributed by atoms with E-state index in [0.29, 0.717) is 45.3 Å². The van der Waals surface area contributed by atoms with Gasteiger partial charge in [-0.2, -0.15) is 0 Å². The van der Waals surface area contributed by atoms with Crippen molar-refractivity contribution in [3.63, 3.8) is 0 Å². The fraction of sp³-hybridized carbons (Fsp3) is 0.567. The topological polar surface area (TPSA) is 174 Å². The van der Waals surface area contributed by atoms with E-state index in [4.69, 9.17) is 10.5 Å². The fourth-order valence-corrected chi connectivity index (χ4v) is 7.83. The summed E-state index contributed by atoms with van der Waals surface area (Å²) < 4.78 is 4.89. The number of ketones is 1. The number of allylic oxidation sites excluding steroid dienone is 1. The lowest BCUT2D eigenvalue weighted by atomic mass is 9.55. The normalized spacial score (nSPS) is 30.6. The largest absolute Gasteiger partial charge is 0.510 e. The van der Waals surface area contributed by atoms with E-state index >= 15 is 0 Å². The van der Waals surface area contributed by atoms with Gasteiger partial charge >= 0.3 is 5.97 Å². The maximum Gasteiger partial charge on any atom is 0.308 e. The molecule has 11 nitrogen and oxygen atoms in total. The van der Waals surface area contributed by atoms with E-state index in [2.05, 4.69) is 4.90 Å². The SMILES string of the molecule is COC(=O)C1CCN(Cc2ccc(O)c3c2CC2CC4C(C(=O)C2=C3O)C(C)(O)C(C(N)=O)=C(O)[C@H]4N(C)C)CC1. The highest BCUT2D eigenvalue weighted by molar-refractivity contribution is 6.08. The summed E-state index contributed by atoms with van der Waals surface area (Å²) >= 11 is 0. The summed E-state index contributed by atoms with van der Waals surface area (Å²) in [5.74, 6) is -4.80. The number of fused-ring (bicyclic) bond motifs is 3. The van der Waals surface area contributed by atoms with Crippen LogP contribution in [0.3, 0.4) is 0 Å². The molecule has 1 aromatic carbocycles. The molecular weight excluding hydrogens is 530 g/mol. The smallest absolute Gasteiger partial charge is 0.308 e. The number of carbonyl (C=O) groups is 3. The molecule has 1 aliphatic heterocycles. The quantitative estimate of drug-likeness (QED) is 0.326. The Morgan fingerprint density at radius 1 is 1.17 bits per heavy atom. The molecule has 222 valence electrons. The Morgan fingerprint density at radius 2 is 1.83 bits per heavy atom. The maximum absolute atomic E-state index is 14.1. The number of phenolic OH excluding ortho intramolecular Hbond substituents is 1. The summed E-state index contributed by atoms with van der Waals surface area (Å²) in [5, 5.41) is 45.0. The molecule has 0 bridgehead atoms. The van der Waals surface area contributed by atoms with E-state index in [9.17, 15) is 34.8 Å². The Hall–Kier alpha value is -3.41. The van der Waals surface area contributed by atoms with Crippen molar-refractivity contribution < 1.29 is 39.5 Å². The van der Waals surface area contributed by atoms with E-state index in [-0.39, 0.29) is 40.3 Å². The van der Waals surface area contributed by atoms with Crippen LogP contribution in [0.25, 0.3) is 5.76 Å². The summed E-state index contributed by atoms with van der Waals surface area (Å²) in [6.45, 7) is 3.24. The molecule has 0 radical (unpaired) electrons. The molecule has 11 heteroatoms. The van der Waals surface area contributed by atoms with Gasteiger partial charge in [0, 0.05) is 12.1 Å². The van der Waals surface area contributed by atoms with Crippen LogP contribution in [0.5, 0.6) is 5.75 Å². The number of ether oxygens (including phenoxy) is 1. The van der Waals surface area contributed by atoms with E-state index in [1.54, 1.807) is 19.0 Å². The van der Waals surface area contributed by atoms with Gasteiger partial charge in [-0.3, -0.25) is 24.2 Å². The van der Waals surface area contributed by atoms with E-state index < -0.39 is 46.7 Å². The van der Waals surface area contributed by atoms with E-state index in [1.807, 2.05) is 6.07 Å². The minimum Gasteiger partial charge on any atom is -0.510 e. The minimum absolute atomic E-state index is 0.119.